The van der Waals surface area contributed by atoms with Crippen LogP contribution in [0.15, 0.2) is 18.3 Å². The summed E-state index contributed by atoms with van der Waals surface area (Å²) in [5, 5.41) is 10.8. The Hall–Kier alpha value is -1.99. The van der Waals surface area contributed by atoms with E-state index >= 15 is 0 Å². The molecule has 0 saturated carbocycles. The molecule has 0 aliphatic rings. The number of nitrogens with one attached hydrogen (secondary N) is 1. The van der Waals surface area contributed by atoms with Crippen LogP contribution in [0.4, 0.5) is 13.2 Å². The van der Waals surface area contributed by atoms with Crippen LogP contribution >= 0.6 is 0 Å². The van der Waals surface area contributed by atoms with Gasteiger partial charge in [-0.3, -0.25) is 4.79 Å². The Kier molecular flexibility index (Phi) is 4.35. The molecule has 8 heteroatoms. The topological polar surface area (TPSA) is 71.3 Å². The first kappa shape index (κ1) is 14.1. The number of aromatic nitrogens is 1. The number of carbonyl (C=O) groups is 2. The molecular weight excluding hydrogens is 253 g/mol. The zero-order valence-electron chi connectivity index (χ0n) is 9.20. The molecule has 0 aliphatic heterocycles. The van der Waals surface area contributed by atoms with Crippen LogP contribution < -0.4 is 5.32 Å². The standard InChI is InChI=1S/C10H11F3N2O3/c11-10(12,13)3-4-14-8(16)6-15-5-1-2-7(15)9(17)18/h1-2,5H,3-4,6H2,(H,14,16)(H,17,18). The fraction of sp³-hybridized carbons (Fsp3) is 0.400. The van der Waals surface area contributed by atoms with E-state index in [1.54, 1.807) is 0 Å². The van der Waals surface area contributed by atoms with Crippen molar-refractivity contribution >= 4 is 11.9 Å². The van der Waals surface area contributed by atoms with Crippen molar-refractivity contribution in [3.05, 3.63) is 24.0 Å². The van der Waals surface area contributed by atoms with Crippen molar-refractivity contribution in [3.8, 4) is 0 Å². The molecule has 1 amide bonds. The fourth-order valence-electron chi connectivity index (χ4n) is 1.30. The molecule has 0 radical (unpaired) electrons. The first-order chi connectivity index (χ1) is 8.29. The van der Waals surface area contributed by atoms with E-state index in [0.29, 0.717) is 0 Å². The number of carbonyl (C=O) groups excluding carboxylic acids is 1. The summed E-state index contributed by atoms with van der Waals surface area (Å²) in [7, 11) is 0. The number of halogens is 3. The number of nitrogens with zero attached hydrogens (tertiary/aromatic N) is 1. The molecule has 0 aliphatic carbocycles. The van der Waals surface area contributed by atoms with Gasteiger partial charge in [-0.25, -0.2) is 4.79 Å². The quantitative estimate of drug-likeness (QED) is 0.840. The van der Waals surface area contributed by atoms with Gasteiger partial charge in [-0.2, -0.15) is 13.2 Å². The molecule has 5 nitrogen and oxygen atoms in total. The van der Waals surface area contributed by atoms with Crippen LogP contribution in [0.1, 0.15) is 16.9 Å². The number of aromatic carboxylic acids is 1. The van der Waals surface area contributed by atoms with Gasteiger partial charge in [0, 0.05) is 12.7 Å². The summed E-state index contributed by atoms with van der Waals surface area (Å²) in [6, 6.07) is 2.73. The fourth-order valence-corrected chi connectivity index (χ4v) is 1.30. The van der Waals surface area contributed by atoms with E-state index in [0.717, 1.165) is 4.57 Å². The largest absolute Gasteiger partial charge is 0.477 e. The Labute approximate surface area is 100 Å². The monoisotopic (exact) mass is 264 g/mol. The Morgan fingerprint density at radius 3 is 2.61 bits per heavy atom. The third kappa shape index (κ3) is 4.48. The van der Waals surface area contributed by atoms with Crippen molar-refractivity contribution < 1.29 is 27.9 Å². The smallest absolute Gasteiger partial charge is 0.390 e. The van der Waals surface area contributed by atoms with Gasteiger partial charge in [0.05, 0.1) is 6.42 Å². The summed E-state index contributed by atoms with van der Waals surface area (Å²) in [5.74, 6) is -1.87. The van der Waals surface area contributed by atoms with Crippen LogP contribution in [-0.2, 0) is 11.3 Å². The molecular formula is C10H11F3N2O3. The minimum Gasteiger partial charge on any atom is -0.477 e. The van der Waals surface area contributed by atoms with E-state index in [9.17, 15) is 22.8 Å². The molecule has 18 heavy (non-hydrogen) atoms. The Bertz CT molecular complexity index is 440. The van der Waals surface area contributed by atoms with E-state index in [2.05, 4.69) is 5.32 Å². The average Bonchev–Trinajstić information content (AvgIpc) is 2.63. The number of carboxylic acids is 1. The SMILES string of the molecule is O=C(Cn1cccc1C(=O)O)NCCC(F)(F)F. The summed E-state index contributed by atoms with van der Waals surface area (Å²) >= 11 is 0. The first-order valence-corrected chi connectivity index (χ1v) is 5.01. The predicted molar refractivity (Wildman–Crippen MR) is 55.1 cm³/mol. The number of rotatable bonds is 5. The highest BCUT2D eigenvalue weighted by Crippen LogP contribution is 2.18. The second-order valence-electron chi connectivity index (χ2n) is 3.54. The average molecular weight is 264 g/mol. The molecule has 1 aromatic rings. The maximum absolute atomic E-state index is 11.8. The van der Waals surface area contributed by atoms with Crippen LogP contribution in [0.2, 0.25) is 0 Å². The maximum atomic E-state index is 11.8. The second kappa shape index (κ2) is 5.56. The normalized spacial score (nSPS) is 11.3. The van der Waals surface area contributed by atoms with Gasteiger partial charge in [0.2, 0.25) is 5.91 Å². The summed E-state index contributed by atoms with van der Waals surface area (Å²) in [6.45, 7) is -0.849. The highest BCUT2D eigenvalue weighted by Gasteiger charge is 2.26. The molecule has 0 atom stereocenters. The van der Waals surface area contributed by atoms with Gasteiger partial charge in [0.15, 0.2) is 0 Å². The van der Waals surface area contributed by atoms with Crippen molar-refractivity contribution in [2.45, 2.75) is 19.1 Å². The zero-order chi connectivity index (χ0) is 13.8. The highest BCUT2D eigenvalue weighted by atomic mass is 19.4. The number of hydrogen-bond acceptors (Lipinski definition) is 2. The lowest BCUT2D eigenvalue weighted by atomic mass is 10.4. The van der Waals surface area contributed by atoms with E-state index in [1.165, 1.54) is 18.3 Å². The van der Waals surface area contributed by atoms with Crippen molar-refractivity contribution in [1.82, 2.24) is 9.88 Å². The molecule has 0 unspecified atom stereocenters. The van der Waals surface area contributed by atoms with E-state index < -0.39 is 31.0 Å². The number of amides is 1. The molecule has 1 rings (SSSR count). The number of alkyl halides is 3. The highest BCUT2D eigenvalue weighted by molar-refractivity contribution is 5.86. The zero-order valence-corrected chi connectivity index (χ0v) is 9.20. The second-order valence-corrected chi connectivity index (χ2v) is 3.54. The molecule has 1 aromatic heterocycles. The number of hydrogen-bond donors (Lipinski definition) is 2. The minimum absolute atomic E-state index is 0.0963. The van der Waals surface area contributed by atoms with Gasteiger partial charge in [0.25, 0.3) is 0 Å². The molecule has 0 saturated heterocycles. The summed E-state index contributed by atoms with van der Waals surface area (Å²) < 4.78 is 36.6. The van der Waals surface area contributed by atoms with Gasteiger partial charge < -0.3 is 15.0 Å². The summed E-state index contributed by atoms with van der Waals surface area (Å²) in [6.07, 6.45) is -4.07. The van der Waals surface area contributed by atoms with Gasteiger partial charge in [0.1, 0.15) is 12.2 Å². The van der Waals surface area contributed by atoms with E-state index in [-0.39, 0.29) is 12.2 Å². The third-order valence-electron chi connectivity index (χ3n) is 2.09. The molecule has 0 spiro atoms. The molecule has 2 N–H and O–H groups in total. The van der Waals surface area contributed by atoms with Crippen LogP contribution in [0.25, 0.3) is 0 Å². The lowest BCUT2D eigenvalue weighted by Gasteiger charge is -2.09. The van der Waals surface area contributed by atoms with E-state index in [4.69, 9.17) is 5.11 Å². The Balaban J connectivity index is 2.45. The van der Waals surface area contributed by atoms with E-state index in [1.807, 2.05) is 0 Å². The first-order valence-electron chi connectivity index (χ1n) is 5.01. The van der Waals surface area contributed by atoms with Crippen molar-refractivity contribution in [2.75, 3.05) is 6.54 Å². The summed E-state index contributed by atoms with van der Waals surface area (Å²) in [4.78, 5) is 22.0. The van der Waals surface area contributed by atoms with Crippen LogP contribution in [0.5, 0.6) is 0 Å². The van der Waals surface area contributed by atoms with Crippen LogP contribution in [0.3, 0.4) is 0 Å². The van der Waals surface area contributed by atoms with Crippen molar-refractivity contribution in [1.29, 1.82) is 0 Å². The Morgan fingerprint density at radius 1 is 1.39 bits per heavy atom. The third-order valence-corrected chi connectivity index (χ3v) is 2.09. The Morgan fingerprint density at radius 2 is 2.06 bits per heavy atom. The molecule has 0 fully saturated rings. The molecule has 1 heterocycles. The van der Waals surface area contributed by atoms with Crippen LogP contribution in [-0.4, -0.2) is 34.3 Å². The lowest BCUT2D eigenvalue weighted by molar-refractivity contribution is -0.135. The van der Waals surface area contributed by atoms with Crippen molar-refractivity contribution in [2.24, 2.45) is 0 Å². The maximum Gasteiger partial charge on any atom is 0.390 e. The number of carboxylic acid groups (broad SMARTS) is 1. The van der Waals surface area contributed by atoms with Gasteiger partial charge >= 0.3 is 12.1 Å². The summed E-state index contributed by atoms with van der Waals surface area (Å²) in [5.41, 5.74) is -0.0963. The molecule has 0 aromatic carbocycles. The molecule has 0 bridgehead atoms. The van der Waals surface area contributed by atoms with Gasteiger partial charge in [-0.1, -0.05) is 0 Å². The predicted octanol–water partition coefficient (Wildman–Crippen LogP) is 1.25. The minimum atomic E-state index is -4.33. The van der Waals surface area contributed by atoms with Gasteiger partial charge in [-0.05, 0) is 12.1 Å². The van der Waals surface area contributed by atoms with Crippen molar-refractivity contribution in [3.63, 3.8) is 0 Å². The lowest BCUT2D eigenvalue weighted by Crippen LogP contribution is -2.31. The van der Waals surface area contributed by atoms with Gasteiger partial charge in [-0.15, -0.1) is 0 Å². The van der Waals surface area contributed by atoms with Crippen LogP contribution in [0, 0.1) is 0 Å². The molecule has 100 valence electrons.